The highest BCUT2D eigenvalue weighted by Gasteiger charge is 2.25. The molecule has 0 bridgehead atoms. The Labute approximate surface area is 92.3 Å². The van der Waals surface area contributed by atoms with Crippen LogP contribution in [0, 0.1) is 12.3 Å². The molecule has 0 aromatic carbocycles. The molecule has 0 spiro atoms. The van der Waals surface area contributed by atoms with Crippen LogP contribution in [0.15, 0.2) is 0 Å². The summed E-state index contributed by atoms with van der Waals surface area (Å²) in [6.07, 6.45) is 5.88. The van der Waals surface area contributed by atoms with Gasteiger partial charge in [0, 0.05) is 26.2 Å². The maximum absolute atomic E-state index is 11.7. The average molecular weight is 230 g/mol. The van der Waals surface area contributed by atoms with Crippen LogP contribution < -0.4 is 0 Å². The van der Waals surface area contributed by atoms with Crippen molar-refractivity contribution in [3.05, 3.63) is 0 Å². The Morgan fingerprint density at radius 1 is 1.27 bits per heavy atom. The van der Waals surface area contributed by atoms with Crippen LogP contribution in [0.1, 0.15) is 13.3 Å². The minimum Gasteiger partial charge on any atom is -0.290 e. The fourth-order valence-electron chi connectivity index (χ4n) is 1.68. The molecular formula is C10H18N2O2S. The number of hydrogen-bond donors (Lipinski definition) is 0. The quantitative estimate of drug-likeness (QED) is 0.637. The Kier molecular flexibility index (Phi) is 4.58. The van der Waals surface area contributed by atoms with Gasteiger partial charge in [-0.3, -0.25) is 4.90 Å². The third-order valence-corrected chi connectivity index (χ3v) is 4.58. The highest BCUT2D eigenvalue weighted by molar-refractivity contribution is 7.89. The van der Waals surface area contributed by atoms with Gasteiger partial charge in [0.1, 0.15) is 0 Å². The van der Waals surface area contributed by atoms with Crippen molar-refractivity contribution >= 4 is 10.0 Å². The highest BCUT2D eigenvalue weighted by atomic mass is 32.2. The van der Waals surface area contributed by atoms with Gasteiger partial charge in [0.05, 0.1) is 12.3 Å². The lowest BCUT2D eigenvalue weighted by molar-refractivity contribution is 0.207. The van der Waals surface area contributed by atoms with Crippen molar-refractivity contribution in [3.63, 3.8) is 0 Å². The summed E-state index contributed by atoms with van der Waals surface area (Å²) in [5.41, 5.74) is 0. The predicted octanol–water partition coefficient (Wildman–Crippen LogP) is -0.0230. The molecule has 0 aromatic rings. The first-order chi connectivity index (χ1) is 7.10. The lowest BCUT2D eigenvalue weighted by Gasteiger charge is -2.32. The Morgan fingerprint density at radius 2 is 1.87 bits per heavy atom. The second-order valence-corrected chi connectivity index (χ2v) is 5.78. The molecule has 4 nitrogen and oxygen atoms in total. The Morgan fingerprint density at radius 3 is 2.33 bits per heavy atom. The van der Waals surface area contributed by atoms with Crippen molar-refractivity contribution < 1.29 is 8.42 Å². The molecule has 86 valence electrons. The number of piperazine rings is 1. The van der Waals surface area contributed by atoms with E-state index in [4.69, 9.17) is 6.42 Å². The first kappa shape index (κ1) is 12.5. The third kappa shape index (κ3) is 3.49. The van der Waals surface area contributed by atoms with E-state index >= 15 is 0 Å². The van der Waals surface area contributed by atoms with Crippen molar-refractivity contribution in [2.45, 2.75) is 13.3 Å². The lowest BCUT2D eigenvalue weighted by atomic mass is 10.4. The minimum absolute atomic E-state index is 0.252. The van der Waals surface area contributed by atoms with Crippen molar-refractivity contribution in [2.75, 3.05) is 38.5 Å². The molecule has 15 heavy (non-hydrogen) atoms. The van der Waals surface area contributed by atoms with E-state index < -0.39 is 10.0 Å². The summed E-state index contributed by atoms with van der Waals surface area (Å²) in [4.78, 5) is 2.10. The topological polar surface area (TPSA) is 40.6 Å². The van der Waals surface area contributed by atoms with E-state index in [1.165, 1.54) is 0 Å². The molecule has 1 aliphatic rings. The third-order valence-electron chi connectivity index (χ3n) is 2.50. The molecule has 5 heteroatoms. The van der Waals surface area contributed by atoms with Crippen molar-refractivity contribution in [3.8, 4) is 12.3 Å². The van der Waals surface area contributed by atoms with Gasteiger partial charge in [-0.1, -0.05) is 12.8 Å². The smallest absolute Gasteiger partial charge is 0.214 e. The van der Waals surface area contributed by atoms with Crippen LogP contribution >= 0.6 is 0 Å². The molecule has 0 amide bonds. The molecule has 1 aliphatic heterocycles. The van der Waals surface area contributed by atoms with E-state index in [9.17, 15) is 8.42 Å². The van der Waals surface area contributed by atoms with E-state index in [1.807, 2.05) is 6.92 Å². The second-order valence-electron chi connectivity index (χ2n) is 3.70. The van der Waals surface area contributed by atoms with E-state index in [0.29, 0.717) is 26.1 Å². The van der Waals surface area contributed by atoms with Gasteiger partial charge in [0.25, 0.3) is 0 Å². The van der Waals surface area contributed by atoms with Gasteiger partial charge >= 0.3 is 0 Å². The fourth-order valence-corrected chi connectivity index (χ4v) is 3.18. The number of sulfonamides is 1. The SMILES string of the molecule is C#CCN1CCN(S(=O)(=O)CCC)CC1. The van der Waals surface area contributed by atoms with Gasteiger partial charge in [-0.2, -0.15) is 4.31 Å². The van der Waals surface area contributed by atoms with Crippen molar-refractivity contribution in [2.24, 2.45) is 0 Å². The molecular weight excluding hydrogens is 212 g/mol. The zero-order chi connectivity index (χ0) is 11.3. The maximum atomic E-state index is 11.7. The van der Waals surface area contributed by atoms with Gasteiger partial charge in [-0.15, -0.1) is 6.42 Å². The number of terminal acetylenes is 1. The van der Waals surface area contributed by atoms with Gasteiger partial charge in [0.2, 0.25) is 10.0 Å². The van der Waals surface area contributed by atoms with E-state index in [-0.39, 0.29) is 5.75 Å². The summed E-state index contributed by atoms with van der Waals surface area (Å²) in [6, 6.07) is 0. The zero-order valence-electron chi connectivity index (χ0n) is 9.15. The monoisotopic (exact) mass is 230 g/mol. The summed E-state index contributed by atoms with van der Waals surface area (Å²) < 4.78 is 25.0. The number of rotatable bonds is 4. The Balaban J connectivity index is 2.47. The van der Waals surface area contributed by atoms with Crippen LogP contribution in [0.25, 0.3) is 0 Å². The molecule has 1 fully saturated rings. The number of hydrogen-bond acceptors (Lipinski definition) is 3. The molecule has 0 unspecified atom stereocenters. The van der Waals surface area contributed by atoms with Gasteiger partial charge in [-0.05, 0) is 6.42 Å². The molecule has 0 N–H and O–H groups in total. The summed E-state index contributed by atoms with van der Waals surface area (Å²) in [6.45, 7) is 5.13. The van der Waals surface area contributed by atoms with Gasteiger partial charge in [0.15, 0.2) is 0 Å². The van der Waals surface area contributed by atoms with E-state index in [2.05, 4.69) is 10.8 Å². The van der Waals surface area contributed by atoms with E-state index in [1.54, 1.807) is 4.31 Å². The van der Waals surface area contributed by atoms with Crippen LogP contribution in [0.5, 0.6) is 0 Å². The Hall–Kier alpha value is -0.570. The molecule has 1 saturated heterocycles. The maximum Gasteiger partial charge on any atom is 0.214 e. The fraction of sp³-hybridized carbons (Fsp3) is 0.800. The molecule has 1 rings (SSSR count). The highest BCUT2D eigenvalue weighted by Crippen LogP contribution is 2.08. The molecule has 0 aliphatic carbocycles. The zero-order valence-corrected chi connectivity index (χ0v) is 9.96. The van der Waals surface area contributed by atoms with Gasteiger partial charge < -0.3 is 0 Å². The van der Waals surface area contributed by atoms with Crippen LogP contribution in [-0.2, 0) is 10.0 Å². The molecule has 0 saturated carbocycles. The van der Waals surface area contributed by atoms with Crippen LogP contribution in [0.2, 0.25) is 0 Å². The summed E-state index contributed by atoms with van der Waals surface area (Å²) in [7, 11) is -3.02. The van der Waals surface area contributed by atoms with Crippen molar-refractivity contribution in [1.29, 1.82) is 0 Å². The van der Waals surface area contributed by atoms with Crippen LogP contribution in [-0.4, -0.2) is 56.1 Å². The molecule has 0 radical (unpaired) electrons. The molecule has 0 aromatic heterocycles. The molecule has 0 atom stereocenters. The van der Waals surface area contributed by atoms with Crippen molar-refractivity contribution in [1.82, 2.24) is 9.21 Å². The van der Waals surface area contributed by atoms with E-state index in [0.717, 1.165) is 13.1 Å². The predicted molar refractivity (Wildman–Crippen MR) is 60.9 cm³/mol. The number of nitrogens with zero attached hydrogens (tertiary/aromatic N) is 2. The first-order valence-corrected chi connectivity index (χ1v) is 6.84. The normalized spacial score (nSPS) is 20.0. The van der Waals surface area contributed by atoms with Crippen LogP contribution in [0.3, 0.4) is 0 Å². The average Bonchev–Trinajstić information content (AvgIpc) is 2.19. The van der Waals surface area contributed by atoms with Crippen LogP contribution in [0.4, 0.5) is 0 Å². The lowest BCUT2D eigenvalue weighted by Crippen LogP contribution is -2.49. The summed E-state index contributed by atoms with van der Waals surface area (Å²) in [5, 5.41) is 0. The van der Waals surface area contributed by atoms with Gasteiger partial charge in [-0.25, -0.2) is 8.42 Å². The standard InChI is InChI=1S/C10H18N2O2S/c1-3-5-11-6-8-12(9-7-11)15(13,14)10-4-2/h1H,4-10H2,2H3. The largest absolute Gasteiger partial charge is 0.290 e. The second kappa shape index (κ2) is 5.50. The first-order valence-electron chi connectivity index (χ1n) is 5.24. The minimum atomic E-state index is -3.02. The molecule has 1 heterocycles. The summed E-state index contributed by atoms with van der Waals surface area (Å²) >= 11 is 0. The summed E-state index contributed by atoms with van der Waals surface area (Å²) in [5.74, 6) is 2.83. The Bertz CT molecular complexity index is 324.